The van der Waals surface area contributed by atoms with Crippen molar-refractivity contribution in [1.29, 1.82) is 0 Å². The molecule has 1 fully saturated rings. The lowest BCUT2D eigenvalue weighted by molar-refractivity contribution is -0.138. The minimum Gasteiger partial charge on any atom is -0.325 e. The number of tetrazole rings is 1. The maximum Gasteiger partial charge on any atom is 0.390 e. The quantitative estimate of drug-likeness (QED) is 0.839. The third-order valence-corrected chi connectivity index (χ3v) is 4.87. The topological polar surface area (TPSA) is 79.2 Å². The van der Waals surface area contributed by atoms with Gasteiger partial charge in [-0.1, -0.05) is 0 Å². The summed E-state index contributed by atoms with van der Waals surface area (Å²) in [6.45, 7) is 1.12. The van der Waals surface area contributed by atoms with Crippen LogP contribution in [0, 0.1) is 0 Å². The van der Waals surface area contributed by atoms with Crippen LogP contribution in [-0.2, 0) is 0 Å². The number of carbonyl (C=O) groups excluding carboxylic acids is 1. The van der Waals surface area contributed by atoms with Crippen LogP contribution in [0.15, 0.2) is 30.6 Å². The summed E-state index contributed by atoms with van der Waals surface area (Å²) in [5, 5.41) is 13.8. The number of nitrogens with zero attached hydrogens (tertiary/aromatic N) is 6. The van der Waals surface area contributed by atoms with Crippen LogP contribution in [0.5, 0.6) is 0 Å². The Hall–Kier alpha value is -2.69. The third kappa shape index (κ3) is 5.41. The number of alkyl halides is 3. The fourth-order valence-corrected chi connectivity index (χ4v) is 3.17. The second kappa shape index (κ2) is 8.55. The van der Waals surface area contributed by atoms with Gasteiger partial charge < -0.3 is 15.1 Å². The minimum atomic E-state index is -4.13. The maximum absolute atomic E-state index is 12.5. The van der Waals surface area contributed by atoms with Gasteiger partial charge in [0.05, 0.1) is 12.1 Å². The molecule has 0 unspecified atom stereocenters. The molecule has 0 spiro atoms. The molecular weight excluding hydrogens is 375 g/mol. The number of nitrogens with one attached hydrogen (secondary N) is 1. The molecule has 1 aliphatic heterocycles. The van der Waals surface area contributed by atoms with E-state index >= 15 is 0 Å². The molecule has 0 radical (unpaired) electrons. The van der Waals surface area contributed by atoms with Crippen molar-refractivity contribution in [2.24, 2.45) is 0 Å². The van der Waals surface area contributed by atoms with Crippen LogP contribution < -0.4 is 5.32 Å². The zero-order valence-corrected chi connectivity index (χ0v) is 15.4. The third-order valence-electron chi connectivity index (χ3n) is 4.87. The van der Waals surface area contributed by atoms with E-state index in [1.54, 1.807) is 41.1 Å². The van der Waals surface area contributed by atoms with E-state index in [1.807, 2.05) is 0 Å². The molecule has 0 saturated carbocycles. The largest absolute Gasteiger partial charge is 0.390 e. The highest BCUT2D eigenvalue weighted by atomic mass is 19.4. The summed E-state index contributed by atoms with van der Waals surface area (Å²) in [6, 6.07) is 6.83. The van der Waals surface area contributed by atoms with Crippen LogP contribution in [-0.4, -0.2) is 74.9 Å². The Morgan fingerprint density at radius 2 is 1.93 bits per heavy atom. The van der Waals surface area contributed by atoms with Crippen molar-refractivity contribution in [3.8, 4) is 5.69 Å². The zero-order chi connectivity index (χ0) is 20.1. The van der Waals surface area contributed by atoms with E-state index in [0.29, 0.717) is 31.6 Å². The molecule has 1 aliphatic rings. The molecule has 152 valence electrons. The van der Waals surface area contributed by atoms with E-state index in [2.05, 4.69) is 20.8 Å². The fourth-order valence-electron chi connectivity index (χ4n) is 3.17. The van der Waals surface area contributed by atoms with Crippen molar-refractivity contribution in [3.05, 3.63) is 30.6 Å². The summed E-state index contributed by atoms with van der Waals surface area (Å²) < 4.78 is 38.5. The van der Waals surface area contributed by atoms with E-state index in [9.17, 15) is 18.0 Å². The summed E-state index contributed by atoms with van der Waals surface area (Å²) in [5.41, 5.74) is 1.40. The van der Waals surface area contributed by atoms with Crippen molar-refractivity contribution in [3.63, 3.8) is 0 Å². The Balaban J connectivity index is 1.47. The van der Waals surface area contributed by atoms with Crippen molar-refractivity contribution in [2.45, 2.75) is 31.5 Å². The van der Waals surface area contributed by atoms with Gasteiger partial charge in [-0.3, -0.25) is 0 Å². The SMILES string of the molecule is CN(C(=O)Nc1ccc(-n2cnnn2)cc1)C1CCN(CCC(F)(F)F)CC1. The number of anilines is 1. The molecule has 1 aromatic heterocycles. The Labute approximate surface area is 160 Å². The second-order valence-electron chi connectivity index (χ2n) is 6.78. The minimum absolute atomic E-state index is 0.00244. The molecule has 2 amide bonds. The lowest BCUT2D eigenvalue weighted by Crippen LogP contribution is -2.47. The number of amides is 2. The number of benzene rings is 1. The molecule has 11 heteroatoms. The van der Waals surface area contributed by atoms with Crippen molar-refractivity contribution in [2.75, 3.05) is 32.0 Å². The predicted octanol–water partition coefficient (Wildman–Crippen LogP) is 2.54. The average Bonchev–Trinajstić information content (AvgIpc) is 3.21. The van der Waals surface area contributed by atoms with Crippen LogP contribution in [0.3, 0.4) is 0 Å². The van der Waals surface area contributed by atoms with Gasteiger partial charge in [0.1, 0.15) is 6.33 Å². The van der Waals surface area contributed by atoms with Crippen LogP contribution in [0.1, 0.15) is 19.3 Å². The van der Waals surface area contributed by atoms with Crippen LogP contribution in [0.25, 0.3) is 5.69 Å². The van der Waals surface area contributed by atoms with Gasteiger partial charge in [0.2, 0.25) is 0 Å². The smallest absolute Gasteiger partial charge is 0.325 e. The molecule has 0 aliphatic carbocycles. The molecule has 2 heterocycles. The first-order valence-electron chi connectivity index (χ1n) is 8.98. The first-order valence-corrected chi connectivity index (χ1v) is 8.98. The summed E-state index contributed by atoms with van der Waals surface area (Å²) in [6.07, 6.45) is -2.15. The highest BCUT2D eigenvalue weighted by Crippen LogP contribution is 2.22. The molecule has 3 rings (SSSR count). The normalized spacial score (nSPS) is 16.1. The molecular formula is C17H22F3N7O. The van der Waals surface area contributed by atoms with E-state index < -0.39 is 12.6 Å². The number of hydrogen-bond donors (Lipinski definition) is 1. The number of urea groups is 1. The standard InChI is InChI=1S/C17H22F3N7O/c1-25(14-6-9-26(10-7-14)11-8-17(18,19)20)16(28)22-13-2-4-15(5-3-13)27-12-21-23-24-27/h2-5,12,14H,6-11H2,1H3,(H,22,28). The van der Waals surface area contributed by atoms with E-state index in [-0.39, 0.29) is 18.6 Å². The number of hydrogen-bond acceptors (Lipinski definition) is 5. The number of likely N-dealkylation sites (tertiary alicyclic amines) is 1. The molecule has 2 aromatic rings. The first-order chi connectivity index (χ1) is 13.3. The number of rotatable bonds is 5. The van der Waals surface area contributed by atoms with E-state index in [4.69, 9.17) is 0 Å². The van der Waals surface area contributed by atoms with Gasteiger partial charge >= 0.3 is 12.2 Å². The Kier molecular flexibility index (Phi) is 6.12. The highest BCUT2D eigenvalue weighted by Gasteiger charge is 2.30. The van der Waals surface area contributed by atoms with Crippen LogP contribution in [0.2, 0.25) is 0 Å². The Morgan fingerprint density at radius 3 is 2.50 bits per heavy atom. The zero-order valence-electron chi connectivity index (χ0n) is 15.4. The predicted molar refractivity (Wildman–Crippen MR) is 96.1 cm³/mol. The van der Waals surface area contributed by atoms with Gasteiger partial charge in [-0.05, 0) is 47.5 Å². The maximum atomic E-state index is 12.5. The average molecular weight is 397 g/mol. The monoisotopic (exact) mass is 397 g/mol. The van der Waals surface area contributed by atoms with Gasteiger partial charge in [0, 0.05) is 38.4 Å². The van der Waals surface area contributed by atoms with Crippen molar-refractivity contribution in [1.82, 2.24) is 30.0 Å². The lowest BCUT2D eigenvalue weighted by atomic mass is 10.0. The summed E-state index contributed by atoms with van der Waals surface area (Å²) >= 11 is 0. The van der Waals surface area contributed by atoms with Gasteiger partial charge in [0.25, 0.3) is 0 Å². The molecule has 8 nitrogen and oxygen atoms in total. The first kappa shape index (κ1) is 20.1. The Morgan fingerprint density at radius 1 is 1.25 bits per heavy atom. The van der Waals surface area contributed by atoms with Gasteiger partial charge in [0.15, 0.2) is 0 Å². The molecule has 1 N–H and O–H groups in total. The number of halogens is 3. The van der Waals surface area contributed by atoms with Gasteiger partial charge in [-0.2, -0.15) is 13.2 Å². The molecule has 1 aromatic carbocycles. The Bertz CT molecular complexity index is 756. The molecule has 28 heavy (non-hydrogen) atoms. The van der Waals surface area contributed by atoms with Crippen LogP contribution >= 0.6 is 0 Å². The van der Waals surface area contributed by atoms with Gasteiger partial charge in [-0.25, -0.2) is 9.48 Å². The fraction of sp³-hybridized carbons (Fsp3) is 0.529. The van der Waals surface area contributed by atoms with Crippen molar-refractivity contribution < 1.29 is 18.0 Å². The lowest BCUT2D eigenvalue weighted by Gasteiger charge is -2.36. The van der Waals surface area contributed by atoms with Crippen molar-refractivity contribution >= 4 is 11.7 Å². The summed E-state index contributed by atoms with van der Waals surface area (Å²) in [4.78, 5) is 15.9. The number of piperidine rings is 1. The van der Waals surface area contributed by atoms with E-state index in [1.165, 1.54) is 11.0 Å². The van der Waals surface area contributed by atoms with E-state index in [0.717, 1.165) is 5.69 Å². The summed E-state index contributed by atoms with van der Waals surface area (Å²) in [7, 11) is 1.71. The number of carbonyl (C=O) groups is 1. The number of aromatic nitrogens is 4. The highest BCUT2D eigenvalue weighted by molar-refractivity contribution is 5.89. The molecule has 1 saturated heterocycles. The summed E-state index contributed by atoms with van der Waals surface area (Å²) in [5.74, 6) is 0. The molecule has 0 bridgehead atoms. The molecule has 0 atom stereocenters. The van der Waals surface area contributed by atoms with Gasteiger partial charge in [-0.15, -0.1) is 5.10 Å². The van der Waals surface area contributed by atoms with Crippen LogP contribution in [0.4, 0.5) is 23.7 Å². The second-order valence-corrected chi connectivity index (χ2v) is 6.78.